The molecule has 0 fully saturated rings. The fourth-order valence-electron chi connectivity index (χ4n) is 1.70. The third-order valence-corrected chi connectivity index (χ3v) is 5.04. The Balaban J connectivity index is 2.03. The molecule has 1 aliphatic heterocycles. The summed E-state index contributed by atoms with van der Waals surface area (Å²) in [6.45, 7) is 1.69. The Morgan fingerprint density at radius 2 is 2.31 bits per heavy atom. The van der Waals surface area contributed by atoms with Gasteiger partial charge in [0.25, 0.3) is 5.91 Å². The first-order chi connectivity index (χ1) is 7.83. The van der Waals surface area contributed by atoms with Gasteiger partial charge in [-0.2, -0.15) is 0 Å². The number of carbonyl (C=O) groups is 1. The quantitative estimate of drug-likeness (QED) is 0.621. The van der Waals surface area contributed by atoms with Crippen molar-refractivity contribution in [2.24, 2.45) is 0 Å². The lowest BCUT2D eigenvalue weighted by Gasteiger charge is -2.19. The maximum Gasteiger partial charge on any atom is 0.255 e. The summed E-state index contributed by atoms with van der Waals surface area (Å²) in [6, 6.07) is 1.94. The number of thiophene rings is 1. The highest BCUT2D eigenvalue weighted by Crippen LogP contribution is 2.32. The molecule has 1 aromatic rings. The fourth-order valence-corrected chi connectivity index (χ4v) is 3.99. The number of amides is 1. The van der Waals surface area contributed by atoms with Crippen LogP contribution >= 0.6 is 34.7 Å². The summed E-state index contributed by atoms with van der Waals surface area (Å²) in [5.74, 6) is 1.87. The first-order valence-corrected chi connectivity index (χ1v) is 7.78. The van der Waals surface area contributed by atoms with Crippen molar-refractivity contribution >= 4 is 40.6 Å². The highest BCUT2D eigenvalue weighted by atomic mass is 35.5. The van der Waals surface area contributed by atoms with Crippen LogP contribution in [0.15, 0.2) is 15.7 Å². The van der Waals surface area contributed by atoms with Gasteiger partial charge in [-0.3, -0.25) is 4.79 Å². The van der Waals surface area contributed by atoms with Crippen molar-refractivity contribution in [2.75, 3.05) is 24.7 Å². The highest BCUT2D eigenvalue weighted by Gasteiger charge is 2.22. The number of alkyl halides is 1. The topological polar surface area (TPSA) is 20.3 Å². The summed E-state index contributed by atoms with van der Waals surface area (Å²) >= 11 is 9.11. The lowest BCUT2D eigenvalue weighted by molar-refractivity contribution is 0.0764. The molecule has 0 N–H and O–H groups in total. The molecule has 2 heterocycles. The van der Waals surface area contributed by atoms with Gasteiger partial charge in [-0.15, -0.1) is 34.7 Å². The second-order valence-corrected chi connectivity index (χ2v) is 6.32. The minimum atomic E-state index is 0.191. The van der Waals surface area contributed by atoms with Crippen LogP contribution in [0.25, 0.3) is 0 Å². The van der Waals surface area contributed by atoms with Crippen molar-refractivity contribution in [1.29, 1.82) is 0 Å². The van der Waals surface area contributed by atoms with Crippen LogP contribution in [0.2, 0.25) is 0 Å². The van der Waals surface area contributed by atoms with Gasteiger partial charge in [-0.05, 0) is 24.3 Å². The van der Waals surface area contributed by atoms with E-state index in [9.17, 15) is 4.79 Å². The number of nitrogens with zero attached hydrogens (tertiary/aromatic N) is 1. The molecule has 5 heteroatoms. The first kappa shape index (κ1) is 12.3. The number of thioether (sulfide) groups is 1. The number of carbonyl (C=O) groups excluding carboxylic acids is 1. The Hall–Kier alpha value is -0.190. The van der Waals surface area contributed by atoms with Crippen molar-refractivity contribution in [3.05, 3.63) is 17.0 Å². The number of unbranched alkanes of at least 4 members (excludes halogenated alkanes) is 1. The van der Waals surface area contributed by atoms with Gasteiger partial charge in [0.1, 0.15) is 0 Å². The van der Waals surface area contributed by atoms with E-state index in [4.69, 9.17) is 11.6 Å². The van der Waals surface area contributed by atoms with Crippen LogP contribution in [0.3, 0.4) is 0 Å². The lowest BCUT2D eigenvalue weighted by atomic mass is 10.2. The predicted molar refractivity (Wildman–Crippen MR) is 70.9 cm³/mol. The Morgan fingerprint density at radius 1 is 1.44 bits per heavy atom. The van der Waals surface area contributed by atoms with Gasteiger partial charge in [0, 0.05) is 24.7 Å². The van der Waals surface area contributed by atoms with E-state index in [0.717, 1.165) is 37.2 Å². The largest absolute Gasteiger partial charge is 0.338 e. The smallest absolute Gasteiger partial charge is 0.255 e. The molecule has 0 aliphatic carbocycles. The van der Waals surface area contributed by atoms with Crippen LogP contribution in [0.4, 0.5) is 0 Å². The number of hydrogen-bond donors (Lipinski definition) is 0. The molecule has 1 aromatic heterocycles. The van der Waals surface area contributed by atoms with E-state index in [0.29, 0.717) is 5.88 Å². The van der Waals surface area contributed by atoms with Gasteiger partial charge in [0.15, 0.2) is 0 Å². The second-order valence-electron chi connectivity index (χ2n) is 3.66. The van der Waals surface area contributed by atoms with Crippen LogP contribution in [0.5, 0.6) is 0 Å². The van der Waals surface area contributed by atoms with Gasteiger partial charge in [-0.1, -0.05) is 0 Å². The van der Waals surface area contributed by atoms with Crippen LogP contribution in [-0.4, -0.2) is 35.5 Å². The fraction of sp³-hybridized carbons (Fsp3) is 0.545. The third-order valence-electron chi connectivity index (χ3n) is 2.55. The van der Waals surface area contributed by atoms with E-state index in [2.05, 4.69) is 0 Å². The van der Waals surface area contributed by atoms with Crippen molar-refractivity contribution in [3.8, 4) is 0 Å². The molecule has 88 valence electrons. The van der Waals surface area contributed by atoms with Crippen molar-refractivity contribution in [1.82, 2.24) is 4.90 Å². The van der Waals surface area contributed by atoms with E-state index in [1.54, 1.807) is 23.1 Å². The van der Waals surface area contributed by atoms with Gasteiger partial charge in [0.05, 0.1) is 9.77 Å². The maximum absolute atomic E-state index is 12.2. The molecule has 1 aliphatic rings. The summed E-state index contributed by atoms with van der Waals surface area (Å²) in [4.78, 5) is 14.1. The molecule has 0 saturated heterocycles. The predicted octanol–water partition coefficient (Wildman–Crippen LogP) is 3.32. The molecule has 0 radical (unpaired) electrons. The summed E-state index contributed by atoms with van der Waals surface area (Å²) in [5, 5.41) is 2.00. The highest BCUT2D eigenvalue weighted by molar-refractivity contribution is 8.01. The molecule has 0 bridgehead atoms. The molecule has 0 aromatic carbocycles. The molecular formula is C11H14ClNOS2. The van der Waals surface area contributed by atoms with Gasteiger partial charge >= 0.3 is 0 Å². The molecule has 16 heavy (non-hydrogen) atoms. The lowest BCUT2D eigenvalue weighted by Crippen LogP contribution is -2.32. The van der Waals surface area contributed by atoms with E-state index in [1.165, 1.54) is 4.21 Å². The number of hydrogen-bond acceptors (Lipinski definition) is 3. The Kier molecular flexibility index (Phi) is 4.55. The summed E-state index contributed by atoms with van der Waals surface area (Å²) in [7, 11) is 0. The SMILES string of the molecule is O=C1c2ccsc2SCCN1CCCCCl. The Bertz CT molecular complexity index is 367. The van der Waals surface area contributed by atoms with E-state index < -0.39 is 0 Å². The molecule has 0 saturated carbocycles. The zero-order chi connectivity index (χ0) is 11.4. The van der Waals surface area contributed by atoms with Gasteiger partial charge in [-0.25, -0.2) is 0 Å². The molecular weight excluding hydrogens is 262 g/mol. The molecule has 0 unspecified atom stereocenters. The molecule has 2 nitrogen and oxygen atoms in total. The van der Waals surface area contributed by atoms with Crippen molar-refractivity contribution in [3.63, 3.8) is 0 Å². The van der Waals surface area contributed by atoms with E-state index in [1.807, 2.05) is 16.3 Å². The Morgan fingerprint density at radius 3 is 3.12 bits per heavy atom. The summed E-state index contributed by atoms with van der Waals surface area (Å²) < 4.78 is 1.17. The minimum absolute atomic E-state index is 0.191. The van der Waals surface area contributed by atoms with Crippen LogP contribution < -0.4 is 0 Å². The normalized spacial score (nSPS) is 16.1. The second kappa shape index (κ2) is 5.94. The molecule has 1 amide bonds. The monoisotopic (exact) mass is 275 g/mol. The van der Waals surface area contributed by atoms with Crippen LogP contribution in [0.1, 0.15) is 23.2 Å². The number of fused-ring (bicyclic) bond motifs is 1. The molecule has 2 rings (SSSR count). The first-order valence-electron chi connectivity index (χ1n) is 5.38. The van der Waals surface area contributed by atoms with Crippen molar-refractivity contribution in [2.45, 2.75) is 17.1 Å². The minimum Gasteiger partial charge on any atom is -0.338 e. The molecule has 0 spiro atoms. The van der Waals surface area contributed by atoms with Crippen LogP contribution in [0, 0.1) is 0 Å². The van der Waals surface area contributed by atoms with E-state index >= 15 is 0 Å². The zero-order valence-corrected chi connectivity index (χ0v) is 11.3. The maximum atomic E-state index is 12.2. The molecule has 0 atom stereocenters. The summed E-state index contributed by atoms with van der Waals surface area (Å²) in [6.07, 6.45) is 1.98. The average Bonchev–Trinajstić information content (AvgIpc) is 2.69. The average molecular weight is 276 g/mol. The van der Waals surface area contributed by atoms with E-state index in [-0.39, 0.29) is 5.91 Å². The van der Waals surface area contributed by atoms with Gasteiger partial charge < -0.3 is 4.90 Å². The zero-order valence-electron chi connectivity index (χ0n) is 8.95. The standard InChI is InChI=1S/C11H14ClNOS2/c12-4-1-2-5-13-6-8-16-11-9(10(13)14)3-7-15-11/h3,7H,1-2,4-6,8H2. The van der Waals surface area contributed by atoms with Gasteiger partial charge in [0.2, 0.25) is 0 Å². The van der Waals surface area contributed by atoms with Crippen LogP contribution in [-0.2, 0) is 0 Å². The number of rotatable bonds is 4. The Labute approximate surface area is 109 Å². The number of halogens is 1. The van der Waals surface area contributed by atoms with Crippen molar-refractivity contribution < 1.29 is 4.79 Å². The third kappa shape index (κ3) is 2.73. The summed E-state index contributed by atoms with van der Waals surface area (Å²) in [5.41, 5.74) is 0.887.